The largest absolute Gasteiger partial charge is 0.435 e. The first-order valence-electron chi connectivity index (χ1n) is 8.81. The molecule has 0 fully saturated rings. The Kier molecular flexibility index (Phi) is 5.47. The van der Waals surface area contributed by atoms with Gasteiger partial charge in [0.1, 0.15) is 11.5 Å². The highest BCUT2D eigenvalue weighted by atomic mass is 31.2. The van der Waals surface area contributed by atoms with Gasteiger partial charge in [-0.3, -0.25) is 0 Å². The molecule has 0 aliphatic carbocycles. The third-order valence-corrected chi connectivity index (χ3v) is 5.59. The molecule has 4 aromatic rings. The molecule has 0 atom stereocenters. The highest BCUT2D eigenvalue weighted by Gasteiger charge is 2.22. The quantitative estimate of drug-likeness (QED) is 0.363. The maximum atomic E-state index is 6.31. The van der Waals surface area contributed by atoms with Gasteiger partial charge in [0.2, 0.25) is 0 Å². The first-order valence-corrected chi connectivity index (χ1v) is 9.98. The zero-order chi connectivity index (χ0) is 18.3. The summed E-state index contributed by atoms with van der Waals surface area (Å²) in [6.45, 7) is 0. The van der Waals surface area contributed by atoms with E-state index in [1.165, 1.54) is 0 Å². The summed E-state index contributed by atoms with van der Waals surface area (Å²) in [4.78, 5) is 0. The van der Waals surface area contributed by atoms with Gasteiger partial charge < -0.3 is 9.05 Å². The lowest BCUT2D eigenvalue weighted by Gasteiger charge is -2.21. The van der Waals surface area contributed by atoms with Crippen LogP contribution in [-0.2, 0) is 0 Å². The van der Waals surface area contributed by atoms with Crippen LogP contribution in [0.5, 0.6) is 11.5 Å². The minimum atomic E-state index is -1.35. The molecule has 132 valence electrons. The van der Waals surface area contributed by atoms with E-state index in [-0.39, 0.29) is 0 Å². The standard InChI is InChI=1S/C24H19O2P/c1-4-12-20(13-5-1)23-18-10-11-19-24(23)27(25-21-14-6-2-7-15-21)26-22-16-8-3-9-17-22/h1-19H. The first kappa shape index (κ1) is 17.3. The van der Waals surface area contributed by atoms with Gasteiger partial charge in [0.05, 0.1) is 5.30 Å². The van der Waals surface area contributed by atoms with Crippen LogP contribution in [0.4, 0.5) is 0 Å². The van der Waals surface area contributed by atoms with Crippen molar-refractivity contribution in [3.63, 3.8) is 0 Å². The van der Waals surface area contributed by atoms with E-state index in [9.17, 15) is 0 Å². The normalized spacial score (nSPS) is 10.6. The molecular formula is C24H19O2P. The van der Waals surface area contributed by atoms with Gasteiger partial charge in [-0.15, -0.1) is 0 Å². The van der Waals surface area contributed by atoms with Crippen LogP contribution >= 0.6 is 8.38 Å². The number of hydrogen-bond donors (Lipinski definition) is 0. The molecule has 27 heavy (non-hydrogen) atoms. The monoisotopic (exact) mass is 370 g/mol. The summed E-state index contributed by atoms with van der Waals surface area (Å²) in [5.41, 5.74) is 2.27. The van der Waals surface area contributed by atoms with E-state index in [1.54, 1.807) is 0 Å². The lowest BCUT2D eigenvalue weighted by atomic mass is 10.1. The van der Waals surface area contributed by atoms with E-state index in [0.29, 0.717) is 0 Å². The molecule has 0 aliphatic rings. The van der Waals surface area contributed by atoms with Crippen LogP contribution in [0.15, 0.2) is 115 Å². The fourth-order valence-corrected chi connectivity index (χ4v) is 4.23. The molecule has 0 heterocycles. The van der Waals surface area contributed by atoms with Crippen LogP contribution in [0.2, 0.25) is 0 Å². The summed E-state index contributed by atoms with van der Waals surface area (Å²) in [6, 6.07) is 38.2. The average molecular weight is 370 g/mol. The van der Waals surface area contributed by atoms with Gasteiger partial charge in [-0.25, -0.2) is 0 Å². The van der Waals surface area contributed by atoms with Gasteiger partial charge in [-0.1, -0.05) is 84.9 Å². The topological polar surface area (TPSA) is 18.5 Å². The zero-order valence-corrected chi connectivity index (χ0v) is 15.6. The Hall–Kier alpha value is -3.09. The molecule has 0 saturated carbocycles. The summed E-state index contributed by atoms with van der Waals surface area (Å²) in [7, 11) is -1.35. The fraction of sp³-hybridized carbons (Fsp3) is 0. The summed E-state index contributed by atoms with van der Waals surface area (Å²) in [6.07, 6.45) is 0. The molecule has 0 bridgehead atoms. The minimum Gasteiger partial charge on any atom is -0.435 e. The van der Waals surface area contributed by atoms with Crippen LogP contribution in [-0.4, -0.2) is 0 Å². The van der Waals surface area contributed by atoms with E-state index < -0.39 is 8.38 Å². The maximum absolute atomic E-state index is 6.31. The van der Waals surface area contributed by atoms with Crippen molar-refractivity contribution in [1.29, 1.82) is 0 Å². The van der Waals surface area contributed by atoms with Crippen molar-refractivity contribution in [2.24, 2.45) is 0 Å². The Morgan fingerprint density at radius 2 is 0.889 bits per heavy atom. The van der Waals surface area contributed by atoms with E-state index in [4.69, 9.17) is 9.05 Å². The zero-order valence-electron chi connectivity index (χ0n) is 14.7. The summed E-state index contributed by atoms with van der Waals surface area (Å²) >= 11 is 0. The third kappa shape index (κ3) is 4.36. The third-order valence-electron chi connectivity index (χ3n) is 4.05. The second kappa shape index (κ2) is 8.53. The Labute approximate surface area is 161 Å². The lowest BCUT2D eigenvalue weighted by Crippen LogP contribution is -2.12. The lowest BCUT2D eigenvalue weighted by molar-refractivity contribution is 0.502. The Balaban J connectivity index is 1.74. The molecule has 2 nitrogen and oxygen atoms in total. The highest BCUT2D eigenvalue weighted by molar-refractivity contribution is 7.57. The van der Waals surface area contributed by atoms with E-state index in [0.717, 1.165) is 27.9 Å². The van der Waals surface area contributed by atoms with Gasteiger partial charge in [-0.05, 0) is 41.5 Å². The Morgan fingerprint density at radius 3 is 1.44 bits per heavy atom. The molecule has 4 aromatic carbocycles. The van der Waals surface area contributed by atoms with Crippen LogP contribution in [0.3, 0.4) is 0 Å². The fourth-order valence-electron chi connectivity index (χ4n) is 2.77. The molecule has 4 rings (SSSR count). The molecule has 0 amide bonds. The summed E-state index contributed by atoms with van der Waals surface area (Å²) < 4.78 is 12.6. The number of benzene rings is 4. The molecule has 0 saturated heterocycles. The summed E-state index contributed by atoms with van der Waals surface area (Å²) in [5, 5.41) is 1.05. The van der Waals surface area contributed by atoms with Gasteiger partial charge in [0.25, 0.3) is 0 Å². The SMILES string of the molecule is c1ccc(OP(Oc2ccccc2)c2ccccc2-c2ccccc2)cc1. The molecule has 0 aromatic heterocycles. The van der Waals surface area contributed by atoms with Gasteiger partial charge in [-0.2, -0.15) is 0 Å². The van der Waals surface area contributed by atoms with Crippen LogP contribution in [0, 0.1) is 0 Å². The molecular weight excluding hydrogens is 351 g/mol. The van der Waals surface area contributed by atoms with Crippen molar-refractivity contribution in [2.75, 3.05) is 0 Å². The smallest absolute Gasteiger partial charge is 0.326 e. The summed E-state index contributed by atoms with van der Waals surface area (Å²) in [5.74, 6) is 1.59. The molecule has 0 unspecified atom stereocenters. The van der Waals surface area contributed by atoms with Crippen molar-refractivity contribution in [1.82, 2.24) is 0 Å². The van der Waals surface area contributed by atoms with Crippen molar-refractivity contribution < 1.29 is 9.05 Å². The van der Waals surface area contributed by atoms with Crippen LogP contribution in [0.1, 0.15) is 0 Å². The van der Waals surface area contributed by atoms with Gasteiger partial charge in [0, 0.05) is 0 Å². The first-order chi connectivity index (χ1) is 13.4. The van der Waals surface area contributed by atoms with Gasteiger partial charge in [0.15, 0.2) is 0 Å². The van der Waals surface area contributed by atoms with Gasteiger partial charge >= 0.3 is 8.38 Å². The van der Waals surface area contributed by atoms with E-state index in [1.807, 2.05) is 91.0 Å². The molecule has 0 radical (unpaired) electrons. The molecule has 0 spiro atoms. The Morgan fingerprint density at radius 1 is 0.444 bits per heavy atom. The van der Waals surface area contributed by atoms with Crippen LogP contribution < -0.4 is 14.4 Å². The average Bonchev–Trinajstić information content (AvgIpc) is 2.75. The number of hydrogen-bond acceptors (Lipinski definition) is 2. The minimum absolute atomic E-state index is 0.794. The van der Waals surface area contributed by atoms with Crippen molar-refractivity contribution in [3.8, 4) is 22.6 Å². The molecule has 3 heteroatoms. The maximum Gasteiger partial charge on any atom is 0.326 e. The van der Waals surface area contributed by atoms with Crippen molar-refractivity contribution >= 4 is 13.7 Å². The predicted octanol–water partition coefficient (Wildman–Crippen LogP) is 6.45. The molecule has 0 aliphatic heterocycles. The second-order valence-electron chi connectivity index (χ2n) is 5.95. The van der Waals surface area contributed by atoms with Crippen molar-refractivity contribution in [2.45, 2.75) is 0 Å². The van der Waals surface area contributed by atoms with Crippen molar-refractivity contribution in [3.05, 3.63) is 115 Å². The highest BCUT2D eigenvalue weighted by Crippen LogP contribution is 2.42. The number of para-hydroxylation sites is 2. The number of rotatable bonds is 6. The molecule has 0 N–H and O–H groups in total. The Bertz CT molecular complexity index is 931. The van der Waals surface area contributed by atoms with Crippen LogP contribution in [0.25, 0.3) is 11.1 Å². The predicted molar refractivity (Wildman–Crippen MR) is 113 cm³/mol. The second-order valence-corrected chi connectivity index (χ2v) is 7.31. The van der Waals surface area contributed by atoms with E-state index >= 15 is 0 Å². The van der Waals surface area contributed by atoms with E-state index in [2.05, 4.69) is 24.3 Å².